The maximum atomic E-state index is 13.9. The van der Waals surface area contributed by atoms with E-state index in [0.717, 1.165) is 27.5 Å². The number of carbonyl (C=O) groups is 2. The number of anilines is 1. The van der Waals surface area contributed by atoms with Crippen LogP contribution in [0.3, 0.4) is 0 Å². The molecule has 2 atom stereocenters. The number of para-hydroxylation sites is 2. The third-order valence-electron chi connectivity index (χ3n) is 7.52. The van der Waals surface area contributed by atoms with Gasteiger partial charge in [-0.3, -0.25) is 4.79 Å². The van der Waals surface area contributed by atoms with Gasteiger partial charge in [0.05, 0.1) is 29.3 Å². The molecule has 206 valence electrons. The Morgan fingerprint density at radius 3 is 2.20 bits per heavy atom. The number of hydrogen-bond acceptors (Lipinski definition) is 8. The number of rotatable bonds is 5. The molecule has 9 nitrogen and oxygen atoms in total. The molecule has 2 aliphatic heterocycles. The van der Waals surface area contributed by atoms with Gasteiger partial charge in [0, 0.05) is 42.6 Å². The van der Waals surface area contributed by atoms with Crippen molar-refractivity contribution in [3.63, 3.8) is 0 Å². The molecule has 1 aromatic heterocycles. The molecule has 2 unspecified atom stereocenters. The van der Waals surface area contributed by atoms with E-state index in [0.29, 0.717) is 37.3 Å². The molecule has 0 radical (unpaired) electrons. The second-order valence-corrected chi connectivity index (χ2v) is 10.6. The summed E-state index contributed by atoms with van der Waals surface area (Å²) in [4.78, 5) is 34.1. The average molecular weight is 541 g/mol. The largest absolute Gasteiger partial charge is 0.539 e. The first-order valence-electron chi connectivity index (χ1n) is 13.4. The molecular weight excluding hydrogens is 510 g/mol. The first-order valence-corrected chi connectivity index (χ1v) is 13.4. The Hall–Kier alpha value is -4.21. The van der Waals surface area contributed by atoms with Gasteiger partial charge < -0.3 is 33.9 Å². The predicted molar refractivity (Wildman–Crippen MR) is 148 cm³/mol. The first-order chi connectivity index (χ1) is 19.3. The van der Waals surface area contributed by atoms with Crippen molar-refractivity contribution in [1.82, 2.24) is 9.88 Å². The number of carbonyl (C=O) groups excluding carboxylic acids is 2. The van der Waals surface area contributed by atoms with Crippen LogP contribution < -0.4 is 10.0 Å². The van der Waals surface area contributed by atoms with Crippen LogP contribution >= 0.6 is 0 Å². The van der Waals surface area contributed by atoms with E-state index >= 15 is 0 Å². The van der Waals surface area contributed by atoms with E-state index in [2.05, 4.69) is 4.90 Å². The lowest BCUT2D eigenvalue weighted by atomic mass is 10.0. The summed E-state index contributed by atoms with van der Waals surface area (Å²) >= 11 is 0. The van der Waals surface area contributed by atoms with Crippen LogP contribution in [0, 0.1) is 0 Å². The number of amides is 1. The number of benzene rings is 3. The molecule has 1 amide bonds. The van der Waals surface area contributed by atoms with Crippen LogP contribution in [0.5, 0.6) is 0 Å². The van der Waals surface area contributed by atoms with Crippen molar-refractivity contribution in [2.24, 2.45) is 0 Å². The van der Waals surface area contributed by atoms with Crippen LogP contribution in [0.2, 0.25) is 0 Å². The van der Waals surface area contributed by atoms with Crippen molar-refractivity contribution < 1.29 is 28.9 Å². The maximum absolute atomic E-state index is 13.9. The Morgan fingerprint density at radius 1 is 0.950 bits per heavy atom. The molecule has 0 bridgehead atoms. The van der Waals surface area contributed by atoms with Gasteiger partial charge in [-0.15, -0.1) is 0 Å². The highest BCUT2D eigenvalue weighted by atomic mass is 16.8. The molecule has 2 saturated heterocycles. The lowest BCUT2D eigenvalue weighted by molar-refractivity contribution is -0.292. The minimum absolute atomic E-state index is 0.00776. The van der Waals surface area contributed by atoms with E-state index < -0.39 is 24.2 Å². The Bertz CT molecular complexity index is 1530. The van der Waals surface area contributed by atoms with Crippen molar-refractivity contribution in [3.8, 4) is 0 Å². The fourth-order valence-corrected chi connectivity index (χ4v) is 5.62. The van der Waals surface area contributed by atoms with Crippen molar-refractivity contribution in [2.45, 2.75) is 31.8 Å². The molecule has 3 aromatic carbocycles. The third-order valence-corrected chi connectivity index (χ3v) is 7.52. The smallest absolute Gasteiger partial charge is 0.255 e. The highest BCUT2D eigenvalue weighted by Gasteiger charge is 2.38. The van der Waals surface area contributed by atoms with Crippen LogP contribution in [0.25, 0.3) is 21.8 Å². The monoisotopic (exact) mass is 540 g/mol. The fourth-order valence-electron chi connectivity index (χ4n) is 5.62. The van der Waals surface area contributed by atoms with Gasteiger partial charge in [0.25, 0.3) is 12.1 Å². The van der Waals surface area contributed by atoms with Gasteiger partial charge in [-0.25, -0.2) is 4.98 Å². The number of hydrogen-bond donors (Lipinski definition) is 0. The Kier molecular flexibility index (Phi) is 6.77. The molecule has 0 saturated carbocycles. The van der Waals surface area contributed by atoms with Crippen LogP contribution in [0.1, 0.15) is 35.9 Å². The number of pyridine rings is 1. The zero-order chi connectivity index (χ0) is 27.9. The summed E-state index contributed by atoms with van der Waals surface area (Å²) < 4.78 is 16.7. The molecule has 4 aromatic rings. The predicted octanol–water partition coefficient (Wildman–Crippen LogP) is 3.90. The van der Waals surface area contributed by atoms with Gasteiger partial charge in [-0.2, -0.15) is 0 Å². The molecule has 0 N–H and O–H groups in total. The summed E-state index contributed by atoms with van der Waals surface area (Å²) in [5.41, 5.74) is 3.85. The van der Waals surface area contributed by atoms with E-state index in [9.17, 15) is 14.7 Å². The average Bonchev–Trinajstić information content (AvgIpc) is 3.33. The second-order valence-electron chi connectivity index (χ2n) is 10.6. The van der Waals surface area contributed by atoms with Crippen molar-refractivity contribution in [1.29, 1.82) is 0 Å². The maximum Gasteiger partial charge on any atom is 0.255 e. The minimum Gasteiger partial charge on any atom is -0.539 e. The summed E-state index contributed by atoms with van der Waals surface area (Å²) in [6.07, 6.45) is -3.10. The number of ether oxygens (including phenoxy) is 3. The normalized spacial score (nSPS) is 19.6. The molecular formula is C31H30N3O6-. The molecule has 3 heterocycles. The quantitative estimate of drug-likeness (QED) is 0.277. The summed E-state index contributed by atoms with van der Waals surface area (Å²) in [6, 6.07) is 23.1. The van der Waals surface area contributed by atoms with Crippen molar-refractivity contribution in [2.75, 3.05) is 37.7 Å². The van der Waals surface area contributed by atoms with E-state index in [1.54, 1.807) is 13.8 Å². The van der Waals surface area contributed by atoms with Gasteiger partial charge in [-0.1, -0.05) is 48.5 Å². The first kappa shape index (κ1) is 26.0. The SMILES string of the molecule is CC1(C)OCC(C(OC(=O)[O-])c2cccc(N3CCN(C(=O)c4c5ccccc5nc5ccccc45)CC3)c2)O1. The number of nitrogens with zero attached hydrogens (tertiary/aromatic N) is 3. The Balaban J connectivity index is 1.22. The summed E-state index contributed by atoms with van der Waals surface area (Å²) in [5.74, 6) is -0.837. The molecule has 2 fully saturated rings. The molecule has 2 aliphatic rings. The summed E-state index contributed by atoms with van der Waals surface area (Å²) in [5, 5.41) is 13.1. The number of fused-ring (bicyclic) bond motifs is 2. The molecule has 6 rings (SSSR count). The van der Waals surface area contributed by atoms with Crippen molar-refractivity contribution in [3.05, 3.63) is 83.9 Å². The van der Waals surface area contributed by atoms with E-state index in [1.807, 2.05) is 77.7 Å². The Morgan fingerprint density at radius 2 is 1.60 bits per heavy atom. The molecule has 40 heavy (non-hydrogen) atoms. The van der Waals surface area contributed by atoms with E-state index in [4.69, 9.17) is 19.2 Å². The van der Waals surface area contributed by atoms with Gasteiger partial charge in [0.2, 0.25) is 0 Å². The van der Waals surface area contributed by atoms with E-state index in [-0.39, 0.29) is 12.5 Å². The topological polar surface area (TPSA) is 104 Å². The molecule has 0 spiro atoms. The van der Waals surface area contributed by atoms with Gasteiger partial charge in [0.15, 0.2) is 5.79 Å². The minimum atomic E-state index is -1.62. The van der Waals surface area contributed by atoms with Gasteiger partial charge in [0.1, 0.15) is 6.10 Å². The number of aromatic nitrogens is 1. The lowest BCUT2D eigenvalue weighted by Crippen LogP contribution is -2.49. The van der Waals surface area contributed by atoms with E-state index in [1.165, 1.54) is 0 Å². The zero-order valence-corrected chi connectivity index (χ0v) is 22.4. The molecule has 0 aliphatic carbocycles. The highest BCUT2D eigenvalue weighted by Crippen LogP contribution is 2.35. The van der Waals surface area contributed by atoms with Crippen LogP contribution in [0.15, 0.2) is 72.8 Å². The van der Waals surface area contributed by atoms with Crippen molar-refractivity contribution >= 4 is 39.6 Å². The number of piperazine rings is 1. The number of carboxylic acid groups (broad SMARTS) is 1. The third kappa shape index (κ3) is 5.05. The lowest BCUT2D eigenvalue weighted by Gasteiger charge is -2.37. The summed E-state index contributed by atoms with van der Waals surface area (Å²) in [6.45, 7) is 6.09. The molecule has 9 heteroatoms. The Labute approximate surface area is 231 Å². The van der Waals surface area contributed by atoms with Crippen LogP contribution in [-0.2, 0) is 14.2 Å². The fraction of sp³-hybridized carbons (Fsp3) is 0.323. The highest BCUT2D eigenvalue weighted by molar-refractivity contribution is 6.16. The zero-order valence-electron chi connectivity index (χ0n) is 22.4. The standard InChI is InChI=1S/C31H31N3O6/c1-31(2)38-19-26(40-31)28(39-30(36)37)20-8-7-9-21(18-20)33-14-16-34(17-15-33)29(35)27-22-10-3-5-12-24(22)32-25-13-6-4-11-23(25)27/h3-13,18,26,28H,14-17,19H2,1-2H3,(H,36,37)/p-1. The van der Waals surface area contributed by atoms with Gasteiger partial charge >= 0.3 is 0 Å². The van der Waals surface area contributed by atoms with Crippen LogP contribution in [0.4, 0.5) is 10.5 Å². The second kappa shape index (κ2) is 10.4. The van der Waals surface area contributed by atoms with Crippen LogP contribution in [-0.4, -0.2) is 66.6 Å². The van der Waals surface area contributed by atoms with Gasteiger partial charge in [-0.05, 0) is 43.7 Å². The summed E-state index contributed by atoms with van der Waals surface area (Å²) in [7, 11) is 0.